The SMILES string of the molecule is C=CCCC(C)(C)CCC(C)(C)C. The van der Waals surface area contributed by atoms with Gasteiger partial charge >= 0.3 is 0 Å². The average molecular weight is 182 g/mol. The highest BCUT2D eigenvalue weighted by atomic mass is 14.3. The molecule has 0 aromatic rings. The first-order valence-corrected chi connectivity index (χ1v) is 5.38. The number of rotatable bonds is 5. The molecule has 0 aromatic carbocycles. The van der Waals surface area contributed by atoms with Crippen LogP contribution >= 0.6 is 0 Å². The summed E-state index contributed by atoms with van der Waals surface area (Å²) in [5, 5.41) is 0. The minimum absolute atomic E-state index is 0.478. The van der Waals surface area contributed by atoms with Gasteiger partial charge in [-0.1, -0.05) is 40.7 Å². The van der Waals surface area contributed by atoms with Crippen molar-refractivity contribution >= 4 is 0 Å². The maximum Gasteiger partial charge on any atom is -0.0348 e. The molecule has 0 aliphatic rings. The van der Waals surface area contributed by atoms with Crippen LogP contribution in [-0.4, -0.2) is 0 Å². The van der Waals surface area contributed by atoms with Crippen LogP contribution in [0.5, 0.6) is 0 Å². The van der Waals surface area contributed by atoms with Crippen LogP contribution in [0, 0.1) is 10.8 Å². The van der Waals surface area contributed by atoms with Gasteiger partial charge in [-0.05, 0) is 36.5 Å². The third kappa shape index (κ3) is 8.08. The summed E-state index contributed by atoms with van der Waals surface area (Å²) >= 11 is 0. The van der Waals surface area contributed by atoms with E-state index in [4.69, 9.17) is 0 Å². The smallest absolute Gasteiger partial charge is 0.0348 e. The average Bonchev–Trinajstić information content (AvgIpc) is 1.97. The van der Waals surface area contributed by atoms with E-state index >= 15 is 0 Å². The number of hydrogen-bond donors (Lipinski definition) is 0. The van der Waals surface area contributed by atoms with Crippen molar-refractivity contribution in [2.45, 2.75) is 60.3 Å². The third-order valence-electron chi connectivity index (χ3n) is 2.58. The van der Waals surface area contributed by atoms with Crippen molar-refractivity contribution in [3.05, 3.63) is 12.7 Å². The summed E-state index contributed by atoms with van der Waals surface area (Å²) in [6.45, 7) is 15.4. The molecule has 0 atom stereocenters. The zero-order chi connectivity index (χ0) is 10.5. The third-order valence-corrected chi connectivity index (χ3v) is 2.58. The van der Waals surface area contributed by atoms with Gasteiger partial charge in [-0.15, -0.1) is 6.58 Å². The molecule has 0 radical (unpaired) electrons. The Balaban J connectivity index is 3.81. The van der Waals surface area contributed by atoms with Gasteiger partial charge in [0.15, 0.2) is 0 Å². The fourth-order valence-electron chi connectivity index (χ4n) is 1.33. The molecule has 0 rings (SSSR count). The molecule has 0 saturated carbocycles. The Hall–Kier alpha value is -0.260. The molecule has 0 spiro atoms. The Bertz CT molecular complexity index is 146. The quantitative estimate of drug-likeness (QED) is 0.535. The van der Waals surface area contributed by atoms with E-state index in [0.29, 0.717) is 10.8 Å². The van der Waals surface area contributed by atoms with Gasteiger partial charge in [-0.25, -0.2) is 0 Å². The van der Waals surface area contributed by atoms with Gasteiger partial charge in [-0.3, -0.25) is 0 Å². The fraction of sp³-hybridized carbons (Fsp3) is 0.846. The molecule has 0 aliphatic carbocycles. The van der Waals surface area contributed by atoms with Gasteiger partial charge in [-0.2, -0.15) is 0 Å². The zero-order valence-corrected chi connectivity index (χ0v) is 10.1. The summed E-state index contributed by atoms with van der Waals surface area (Å²) in [5.74, 6) is 0. The van der Waals surface area contributed by atoms with Crippen LogP contribution in [0.3, 0.4) is 0 Å². The van der Waals surface area contributed by atoms with E-state index in [-0.39, 0.29) is 0 Å². The highest BCUT2D eigenvalue weighted by Gasteiger charge is 2.20. The topological polar surface area (TPSA) is 0 Å². The predicted octanol–water partition coefficient (Wildman–Crippen LogP) is 4.81. The molecule has 0 heteroatoms. The van der Waals surface area contributed by atoms with Crippen LogP contribution in [0.4, 0.5) is 0 Å². The monoisotopic (exact) mass is 182 g/mol. The van der Waals surface area contributed by atoms with E-state index in [1.807, 2.05) is 6.08 Å². The Morgan fingerprint density at radius 2 is 1.46 bits per heavy atom. The molecule has 0 bridgehead atoms. The van der Waals surface area contributed by atoms with Crippen LogP contribution in [0.2, 0.25) is 0 Å². The van der Waals surface area contributed by atoms with E-state index in [1.54, 1.807) is 0 Å². The second kappa shape index (κ2) is 4.83. The van der Waals surface area contributed by atoms with Crippen molar-refractivity contribution in [3.8, 4) is 0 Å². The van der Waals surface area contributed by atoms with Gasteiger partial charge in [0.05, 0.1) is 0 Å². The van der Waals surface area contributed by atoms with Crippen molar-refractivity contribution in [2.75, 3.05) is 0 Å². The van der Waals surface area contributed by atoms with E-state index < -0.39 is 0 Å². The van der Waals surface area contributed by atoms with Crippen LogP contribution in [-0.2, 0) is 0 Å². The summed E-state index contributed by atoms with van der Waals surface area (Å²) in [4.78, 5) is 0. The lowest BCUT2D eigenvalue weighted by atomic mass is 9.77. The molecule has 0 unspecified atom stereocenters. The van der Waals surface area contributed by atoms with Gasteiger partial charge in [0.1, 0.15) is 0 Å². The van der Waals surface area contributed by atoms with Crippen LogP contribution in [0.15, 0.2) is 12.7 Å². The second-order valence-corrected chi connectivity index (χ2v) is 6.05. The Labute approximate surface area is 84.4 Å². The molecule has 0 amide bonds. The Morgan fingerprint density at radius 3 is 1.85 bits per heavy atom. The number of hydrogen-bond acceptors (Lipinski definition) is 0. The molecular formula is C13H26. The summed E-state index contributed by atoms with van der Waals surface area (Å²) in [7, 11) is 0. The highest BCUT2D eigenvalue weighted by molar-refractivity contribution is 4.77. The lowest BCUT2D eigenvalue weighted by Gasteiger charge is -2.28. The maximum atomic E-state index is 3.77. The molecule has 0 aromatic heterocycles. The molecular weight excluding hydrogens is 156 g/mol. The first-order chi connectivity index (χ1) is 5.77. The normalized spacial score (nSPS) is 13.0. The van der Waals surface area contributed by atoms with Crippen LogP contribution < -0.4 is 0 Å². The maximum absolute atomic E-state index is 3.77. The molecule has 0 aliphatic heterocycles. The van der Waals surface area contributed by atoms with Crippen molar-refractivity contribution in [1.82, 2.24) is 0 Å². The fourth-order valence-corrected chi connectivity index (χ4v) is 1.33. The van der Waals surface area contributed by atoms with Gasteiger partial charge in [0, 0.05) is 0 Å². The summed E-state index contributed by atoms with van der Waals surface area (Å²) < 4.78 is 0. The molecule has 0 N–H and O–H groups in total. The molecule has 0 saturated heterocycles. The van der Waals surface area contributed by atoms with E-state index in [2.05, 4.69) is 41.2 Å². The van der Waals surface area contributed by atoms with Gasteiger partial charge < -0.3 is 0 Å². The van der Waals surface area contributed by atoms with Crippen LogP contribution in [0.25, 0.3) is 0 Å². The minimum Gasteiger partial charge on any atom is -0.103 e. The second-order valence-electron chi connectivity index (χ2n) is 6.05. The Morgan fingerprint density at radius 1 is 0.923 bits per heavy atom. The lowest BCUT2D eigenvalue weighted by Crippen LogP contribution is -2.15. The summed E-state index contributed by atoms with van der Waals surface area (Å²) in [6.07, 6.45) is 7.09. The first-order valence-electron chi connectivity index (χ1n) is 5.38. The Kier molecular flexibility index (Phi) is 4.74. The highest BCUT2D eigenvalue weighted by Crippen LogP contribution is 2.33. The van der Waals surface area contributed by atoms with E-state index in [0.717, 1.165) is 6.42 Å². The van der Waals surface area contributed by atoms with Crippen molar-refractivity contribution in [3.63, 3.8) is 0 Å². The molecule has 0 nitrogen and oxygen atoms in total. The molecule has 0 fully saturated rings. The predicted molar refractivity (Wildman–Crippen MR) is 61.9 cm³/mol. The molecule has 78 valence electrons. The number of allylic oxidation sites excluding steroid dienone is 1. The largest absolute Gasteiger partial charge is 0.103 e. The standard InChI is InChI=1S/C13H26/c1-7-8-9-13(5,6)11-10-12(2,3)4/h7H,1,8-11H2,2-6H3. The zero-order valence-electron chi connectivity index (χ0n) is 10.1. The van der Waals surface area contributed by atoms with Gasteiger partial charge in [0.2, 0.25) is 0 Å². The summed E-state index contributed by atoms with van der Waals surface area (Å²) in [5.41, 5.74) is 0.965. The van der Waals surface area contributed by atoms with Gasteiger partial charge in [0.25, 0.3) is 0 Å². The minimum atomic E-state index is 0.478. The van der Waals surface area contributed by atoms with Crippen LogP contribution in [0.1, 0.15) is 60.3 Å². The summed E-state index contributed by atoms with van der Waals surface area (Å²) in [6, 6.07) is 0. The molecule has 13 heavy (non-hydrogen) atoms. The van der Waals surface area contributed by atoms with E-state index in [1.165, 1.54) is 19.3 Å². The van der Waals surface area contributed by atoms with Crippen molar-refractivity contribution in [2.24, 2.45) is 10.8 Å². The molecule has 0 heterocycles. The van der Waals surface area contributed by atoms with Crippen molar-refractivity contribution < 1.29 is 0 Å². The lowest BCUT2D eigenvalue weighted by molar-refractivity contribution is 0.242. The van der Waals surface area contributed by atoms with Crippen molar-refractivity contribution in [1.29, 1.82) is 0 Å². The van der Waals surface area contributed by atoms with E-state index in [9.17, 15) is 0 Å². The first kappa shape index (κ1) is 12.7.